The number of nitro groups is 1. The van der Waals surface area contributed by atoms with Gasteiger partial charge in [-0.05, 0) is 57.2 Å². The second-order valence-corrected chi connectivity index (χ2v) is 7.91. The number of carbonyl (C=O) groups excluding carboxylic acids is 3. The molecule has 2 aromatic carbocycles. The summed E-state index contributed by atoms with van der Waals surface area (Å²) in [6.07, 6.45) is -0.216. The van der Waals surface area contributed by atoms with Crippen LogP contribution in [0.1, 0.15) is 37.6 Å². The number of halogens is 1. The Morgan fingerprint density at radius 3 is 2.17 bits per heavy atom. The summed E-state index contributed by atoms with van der Waals surface area (Å²) in [4.78, 5) is 51.5. The van der Waals surface area contributed by atoms with Crippen molar-refractivity contribution in [2.24, 2.45) is 0 Å². The van der Waals surface area contributed by atoms with Crippen LogP contribution in [0.2, 0.25) is 0 Å². The number of hydrogen-bond acceptors (Lipinski definition) is 5. The minimum absolute atomic E-state index is 0.163. The molecular weight excluding hydrogens is 393 g/mol. The number of amides is 3. The van der Waals surface area contributed by atoms with Crippen molar-refractivity contribution < 1.29 is 23.7 Å². The van der Waals surface area contributed by atoms with E-state index in [0.717, 1.165) is 17.0 Å². The van der Waals surface area contributed by atoms with Crippen molar-refractivity contribution in [1.82, 2.24) is 4.90 Å². The fourth-order valence-corrected chi connectivity index (χ4v) is 3.46. The van der Waals surface area contributed by atoms with Crippen molar-refractivity contribution in [3.63, 3.8) is 0 Å². The summed E-state index contributed by atoms with van der Waals surface area (Å²) in [6, 6.07) is 8.95. The van der Waals surface area contributed by atoms with Gasteiger partial charge in [-0.15, -0.1) is 0 Å². The van der Waals surface area contributed by atoms with Gasteiger partial charge in [0.05, 0.1) is 17.0 Å². The Balaban J connectivity index is 1.95. The van der Waals surface area contributed by atoms with E-state index >= 15 is 0 Å². The van der Waals surface area contributed by atoms with Crippen LogP contribution >= 0.6 is 0 Å². The molecule has 8 nitrogen and oxygen atoms in total. The molecule has 1 unspecified atom stereocenters. The molecule has 0 aliphatic carbocycles. The summed E-state index contributed by atoms with van der Waals surface area (Å²) in [7, 11) is 0. The van der Waals surface area contributed by atoms with Gasteiger partial charge < -0.3 is 4.90 Å². The molecule has 0 spiro atoms. The molecule has 3 amide bonds. The largest absolute Gasteiger partial charge is 0.321 e. The molecule has 1 atom stereocenters. The summed E-state index contributed by atoms with van der Waals surface area (Å²) < 4.78 is 13.2. The highest BCUT2D eigenvalue weighted by Gasteiger charge is 2.47. The Bertz CT molecular complexity index is 1010. The van der Waals surface area contributed by atoms with Gasteiger partial charge in [0.25, 0.3) is 17.5 Å². The average Bonchev–Trinajstić information content (AvgIpc) is 2.95. The molecule has 1 fully saturated rings. The van der Waals surface area contributed by atoms with Gasteiger partial charge in [-0.2, -0.15) is 0 Å². The Morgan fingerprint density at radius 2 is 1.67 bits per heavy atom. The van der Waals surface area contributed by atoms with Gasteiger partial charge in [0.2, 0.25) is 5.91 Å². The molecule has 3 rings (SSSR count). The smallest absolute Gasteiger partial charge is 0.269 e. The summed E-state index contributed by atoms with van der Waals surface area (Å²) in [5.41, 5.74) is -0.594. The van der Waals surface area contributed by atoms with Crippen molar-refractivity contribution >= 4 is 29.1 Å². The van der Waals surface area contributed by atoms with Crippen LogP contribution in [-0.2, 0) is 9.59 Å². The third-order valence-corrected chi connectivity index (χ3v) is 4.79. The van der Waals surface area contributed by atoms with Crippen LogP contribution in [0.25, 0.3) is 0 Å². The standard InChI is InChI=1S/C21H20FN3O5/c1-21(2,3)24(19(27)13-4-8-16(9-5-13)25(29)30)17-12-18(26)23(20(17)28)15-10-6-14(22)7-11-15/h4-11,17H,12H2,1-3H3. The monoisotopic (exact) mass is 413 g/mol. The first kappa shape index (κ1) is 21.1. The second-order valence-electron chi connectivity index (χ2n) is 7.91. The zero-order chi connectivity index (χ0) is 22.2. The summed E-state index contributed by atoms with van der Waals surface area (Å²) in [5, 5.41) is 10.9. The third kappa shape index (κ3) is 3.91. The van der Waals surface area contributed by atoms with Crippen molar-refractivity contribution in [3.8, 4) is 0 Å². The van der Waals surface area contributed by atoms with Crippen molar-refractivity contribution in [2.45, 2.75) is 38.8 Å². The Morgan fingerprint density at radius 1 is 1.10 bits per heavy atom. The first-order valence-electron chi connectivity index (χ1n) is 9.21. The topological polar surface area (TPSA) is 101 Å². The average molecular weight is 413 g/mol. The zero-order valence-electron chi connectivity index (χ0n) is 16.7. The molecule has 0 N–H and O–H groups in total. The van der Waals surface area contributed by atoms with Crippen molar-refractivity contribution in [1.29, 1.82) is 0 Å². The van der Waals surface area contributed by atoms with Gasteiger partial charge in [0.1, 0.15) is 11.9 Å². The van der Waals surface area contributed by atoms with Crippen LogP contribution in [0.3, 0.4) is 0 Å². The molecule has 30 heavy (non-hydrogen) atoms. The number of hydrogen-bond donors (Lipinski definition) is 0. The SMILES string of the molecule is CC(C)(C)N(C(=O)c1ccc([N+](=O)[O-])cc1)C1CC(=O)N(c2ccc(F)cc2)C1=O. The molecule has 156 valence electrons. The maximum atomic E-state index is 13.2. The number of imide groups is 1. The van der Waals surface area contributed by atoms with E-state index in [1.54, 1.807) is 20.8 Å². The number of non-ortho nitro benzene ring substituents is 1. The molecular formula is C21H20FN3O5. The quantitative estimate of drug-likeness (QED) is 0.435. The van der Waals surface area contributed by atoms with Gasteiger partial charge in [-0.3, -0.25) is 24.5 Å². The minimum Gasteiger partial charge on any atom is -0.321 e. The zero-order valence-corrected chi connectivity index (χ0v) is 16.7. The normalized spacial score (nSPS) is 16.7. The van der Waals surface area contributed by atoms with E-state index in [-0.39, 0.29) is 23.4 Å². The third-order valence-electron chi connectivity index (χ3n) is 4.79. The van der Waals surface area contributed by atoms with E-state index in [4.69, 9.17) is 0 Å². The summed E-state index contributed by atoms with van der Waals surface area (Å²) in [6.45, 7) is 5.19. The highest BCUT2D eigenvalue weighted by Crippen LogP contribution is 2.31. The molecule has 1 aliphatic rings. The van der Waals surface area contributed by atoms with Crippen LogP contribution in [0.4, 0.5) is 15.8 Å². The van der Waals surface area contributed by atoms with E-state index in [1.165, 1.54) is 41.3 Å². The molecule has 2 aromatic rings. The van der Waals surface area contributed by atoms with Gasteiger partial charge in [-0.1, -0.05) is 0 Å². The predicted molar refractivity (Wildman–Crippen MR) is 106 cm³/mol. The van der Waals surface area contributed by atoms with Crippen LogP contribution in [0.5, 0.6) is 0 Å². The molecule has 0 bridgehead atoms. The van der Waals surface area contributed by atoms with Crippen LogP contribution in [-0.4, -0.2) is 39.1 Å². The number of rotatable bonds is 4. The number of nitrogens with zero attached hydrogens (tertiary/aromatic N) is 3. The van der Waals surface area contributed by atoms with Crippen LogP contribution in [0, 0.1) is 15.9 Å². The molecule has 0 saturated carbocycles. The van der Waals surface area contributed by atoms with Gasteiger partial charge >= 0.3 is 0 Å². The summed E-state index contributed by atoms with van der Waals surface area (Å²) in [5.74, 6) is -2.11. The minimum atomic E-state index is -1.05. The highest BCUT2D eigenvalue weighted by atomic mass is 19.1. The lowest BCUT2D eigenvalue weighted by Crippen LogP contribution is -2.54. The van der Waals surface area contributed by atoms with Gasteiger partial charge in [0, 0.05) is 23.2 Å². The van der Waals surface area contributed by atoms with E-state index in [1.807, 2.05) is 0 Å². The maximum Gasteiger partial charge on any atom is 0.269 e. The number of anilines is 1. The molecule has 0 radical (unpaired) electrons. The molecule has 1 saturated heterocycles. The lowest BCUT2D eigenvalue weighted by Gasteiger charge is -2.39. The van der Waals surface area contributed by atoms with Crippen molar-refractivity contribution in [3.05, 3.63) is 70.0 Å². The second kappa shape index (κ2) is 7.66. The lowest BCUT2D eigenvalue weighted by atomic mass is 9.99. The van der Waals surface area contributed by atoms with Crippen LogP contribution in [0.15, 0.2) is 48.5 Å². The number of carbonyl (C=O) groups is 3. The summed E-state index contributed by atoms with van der Waals surface area (Å²) >= 11 is 0. The Hall–Kier alpha value is -3.62. The first-order chi connectivity index (χ1) is 14.0. The fourth-order valence-electron chi connectivity index (χ4n) is 3.46. The van der Waals surface area contributed by atoms with E-state index < -0.39 is 40.0 Å². The van der Waals surface area contributed by atoms with E-state index in [9.17, 15) is 28.9 Å². The number of nitro benzene ring substituents is 1. The Kier molecular flexibility index (Phi) is 5.39. The predicted octanol–water partition coefficient (Wildman–Crippen LogP) is 3.31. The fraction of sp³-hybridized carbons (Fsp3) is 0.286. The first-order valence-corrected chi connectivity index (χ1v) is 9.21. The van der Waals surface area contributed by atoms with E-state index in [2.05, 4.69) is 0 Å². The molecule has 0 aromatic heterocycles. The van der Waals surface area contributed by atoms with Crippen molar-refractivity contribution in [2.75, 3.05) is 4.90 Å². The van der Waals surface area contributed by atoms with Crippen LogP contribution < -0.4 is 4.90 Å². The molecule has 1 aliphatic heterocycles. The van der Waals surface area contributed by atoms with Gasteiger partial charge in [0.15, 0.2) is 0 Å². The highest BCUT2D eigenvalue weighted by molar-refractivity contribution is 6.23. The Labute approximate surface area is 172 Å². The van der Waals surface area contributed by atoms with E-state index in [0.29, 0.717) is 0 Å². The maximum absolute atomic E-state index is 13.2. The lowest BCUT2D eigenvalue weighted by molar-refractivity contribution is -0.384. The molecule has 9 heteroatoms. The number of benzene rings is 2. The van der Waals surface area contributed by atoms with Gasteiger partial charge in [-0.25, -0.2) is 9.29 Å². The molecule has 1 heterocycles.